The molecule has 0 heterocycles. The van der Waals surface area contributed by atoms with E-state index in [2.05, 4.69) is 26.5 Å². The fraction of sp³-hybridized carbons (Fsp3) is 0.125. The normalized spacial score (nSPS) is 10.6. The van der Waals surface area contributed by atoms with Gasteiger partial charge in [0.1, 0.15) is 5.75 Å². The molecule has 0 saturated carbocycles. The van der Waals surface area contributed by atoms with E-state index < -0.39 is 16.4 Å². The summed E-state index contributed by atoms with van der Waals surface area (Å²) in [4.78, 5) is 22.0. The molecule has 1 amide bonds. The van der Waals surface area contributed by atoms with Crippen molar-refractivity contribution in [2.75, 3.05) is 7.11 Å². The summed E-state index contributed by atoms with van der Waals surface area (Å²) < 4.78 is 5.44. The second-order valence-electron chi connectivity index (χ2n) is 4.94. The minimum absolute atomic E-state index is 0.103. The maximum atomic E-state index is 11.8. The Morgan fingerprint density at radius 2 is 2.08 bits per heavy atom. The highest BCUT2D eigenvalue weighted by Gasteiger charge is 2.17. The largest absolute Gasteiger partial charge is 0.502 e. The number of methoxy groups -OCH3 is 1. The number of carbonyl (C=O) groups is 1. The number of rotatable bonds is 6. The predicted octanol–water partition coefficient (Wildman–Crippen LogP) is 2.76. The van der Waals surface area contributed by atoms with Gasteiger partial charge in [-0.3, -0.25) is 14.9 Å². The lowest BCUT2D eigenvalue weighted by molar-refractivity contribution is -0.385. The maximum Gasteiger partial charge on any atom is 0.312 e. The van der Waals surface area contributed by atoms with Crippen LogP contribution in [0.2, 0.25) is 0 Å². The molecule has 0 bridgehead atoms. The Morgan fingerprint density at radius 1 is 1.40 bits per heavy atom. The Kier molecular flexibility index (Phi) is 6.07. The van der Waals surface area contributed by atoms with Gasteiger partial charge in [0.05, 0.1) is 24.7 Å². The van der Waals surface area contributed by atoms with Crippen LogP contribution in [0, 0.1) is 10.1 Å². The van der Waals surface area contributed by atoms with E-state index >= 15 is 0 Å². The number of hydrogen-bond acceptors (Lipinski definition) is 6. The highest BCUT2D eigenvalue weighted by atomic mass is 79.9. The average molecular weight is 408 g/mol. The van der Waals surface area contributed by atoms with Gasteiger partial charge in [-0.2, -0.15) is 5.10 Å². The number of nitrogens with zero attached hydrogens (tertiary/aromatic N) is 2. The number of halogens is 1. The molecule has 8 nitrogen and oxygen atoms in total. The van der Waals surface area contributed by atoms with Crippen molar-refractivity contribution in [2.24, 2.45) is 5.10 Å². The van der Waals surface area contributed by atoms with Gasteiger partial charge in [0.25, 0.3) is 0 Å². The van der Waals surface area contributed by atoms with Crippen molar-refractivity contribution in [1.29, 1.82) is 0 Å². The summed E-state index contributed by atoms with van der Waals surface area (Å²) in [6, 6.07) is 9.61. The number of hydrogen-bond donors (Lipinski definition) is 2. The molecule has 0 fully saturated rings. The molecule has 0 aliphatic rings. The number of phenols is 1. The van der Waals surface area contributed by atoms with E-state index in [-0.39, 0.29) is 17.9 Å². The van der Waals surface area contributed by atoms with E-state index in [1.165, 1.54) is 12.1 Å². The number of benzene rings is 2. The third kappa shape index (κ3) is 5.01. The van der Waals surface area contributed by atoms with Crippen LogP contribution in [0.4, 0.5) is 5.69 Å². The molecular weight excluding hydrogens is 394 g/mol. The number of carbonyl (C=O) groups excluding carboxylic acids is 1. The number of aromatic hydroxyl groups is 1. The van der Waals surface area contributed by atoms with Gasteiger partial charge in [-0.15, -0.1) is 0 Å². The Balaban J connectivity index is 2.02. The molecule has 2 aromatic rings. The van der Waals surface area contributed by atoms with Crippen molar-refractivity contribution in [3.8, 4) is 11.5 Å². The molecule has 0 saturated heterocycles. The first-order chi connectivity index (χ1) is 11.9. The van der Waals surface area contributed by atoms with E-state index in [1.807, 2.05) is 0 Å². The summed E-state index contributed by atoms with van der Waals surface area (Å²) in [6.45, 7) is 0. The summed E-state index contributed by atoms with van der Waals surface area (Å²) in [7, 11) is 1.55. The first kappa shape index (κ1) is 18.4. The van der Waals surface area contributed by atoms with E-state index in [1.54, 1.807) is 31.4 Å². The van der Waals surface area contributed by atoms with E-state index in [9.17, 15) is 20.0 Å². The van der Waals surface area contributed by atoms with Crippen molar-refractivity contribution in [1.82, 2.24) is 5.43 Å². The van der Waals surface area contributed by atoms with Crippen molar-refractivity contribution >= 4 is 33.7 Å². The standard InChI is InChI=1S/C16H14BrN3O5/c1-25-13-4-2-10(3-5-13)6-15(21)19-18-9-11-7-12(17)8-14(16(11)22)20(23)24/h2-5,7-9,22H,6H2,1H3,(H,19,21). The fourth-order valence-corrected chi connectivity index (χ4v) is 2.45. The first-order valence-corrected chi connectivity index (χ1v) is 7.81. The van der Waals surface area contributed by atoms with Crippen LogP contribution in [0.5, 0.6) is 11.5 Å². The Hall–Kier alpha value is -2.94. The van der Waals surface area contributed by atoms with Gasteiger partial charge in [-0.05, 0) is 23.8 Å². The van der Waals surface area contributed by atoms with Crippen molar-refractivity contribution < 1.29 is 19.6 Å². The van der Waals surface area contributed by atoms with Crippen LogP contribution in [-0.2, 0) is 11.2 Å². The number of ether oxygens (including phenoxy) is 1. The number of nitro groups is 1. The molecule has 0 spiro atoms. The topological polar surface area (TPSA) is 114 Å². The molecule has 25 heavy (non-hydrogen) atoms. The number of phenolic OH excluding ortho intramolecular Hbond substituents is 1. The molecular formula is C16H14BrN3O5. The number of nitrogens with one attached hydrogen (secondary N) is 1. The molecule has 2 rings (SSSR count). The second-order valence-corrected chi connectivity index (χ2v) is 5.85. The minimum Gasteiger partial charge on any atom is -0.502 e. The lowest BCUT2D eigenvalue weighted by Gasteiger charge is -2.03. The van der Waals surface area contributed by atoms with E-state index in [0.717, 1.165) is 11.8 Å². The zero-order valence-electron chi connectivity index (χ0n) is 13.1. The highest BCUT2D eigenvalue weighted by Crippen LogP contribution is 2.32. The zero-order valence-corrected chi connectivity index (χ0v) is 14.7. The molecule has 0 unspecified atom stereocenters. The number of hydrazone groups is 1. The van der Waals surface area contributed by atoms with Crippen LogP contribution >= 0.6 is 15.9 Å². The number of nitro benzene ring substituents is 1. The van der Waals surface area contributed by atoms with Crippen LogP contribution in [0.15, 0.2) is 46.0 Å². The van der Waals surface area contributed by atoms with E-state index in [4.69, 9.17) is 4.74 Å². The Morgan fingerprint density at radius 3 is 2.68 bits per heavy atom. The minimum atomic E-state index is -0.709. The van der Waals surface area contributed by atoms with Crippen LogP contribution in [0.3, 0.4) is 0 Å². The van der Waals surface area contributed by atoms with Crippen LogP contribution in [-0.4, -0.2) is 29.3 Å². The molecule has 130 valence electrons. The summed E-state index contributed by atoms with van der Waals surface area (Å²) in [5.74, 6) is -0.208. The average Bonchev–Trinajstić information content (AvgIpc) is 2.58. The molecule has 0 aliphatic heterocycles. The van der Waals surface area contributed by atoms with E-state index in [0.29, 0.717) is 10.2 Å². The lowest BCUT2D eigenvalue weighted by Crippen LogP contribution is -2.19. The predicted molar refractivity (Wildman–Crippen MR) is 94.9 cm³/mol. The van der Waals surface area contributed by atoms with Gasteiger partial charge in [-0.1, -0.05) is 28.1 Å². The van der Waals surface area contributed by atoms with Gasteiger partial charge in [0.15, 0.2) is 0 Å². The van der Waals surface area contributed by atoms with Crippen molar-refractivity contribution in [3.63, 3.8) is 0 Å². The summed E-state index contributed by atoms with van der Waals surface area (Å²) in [5.41, 5.74) is 2.72. The van der Waals surface area contributed by atoms with Crippen LogP contribution in [0.1, 0.15) is 11.1 Å². The molecule has 2 aromatic carbocycles. The fourth-order valence-electron chi connectivity index (χ4n) is 1.99. The van der Waals surface area contributed by atoms with Gasteiger partial charge >= 0.3 is 5.69 Å². The van der Waals surface area contributed by atoms with Crippen molar-refractivity contribution in [2.45, 2.75) is 6.42 Å². The smallest absolute Gasteiger partial charge is 0.312 e. The molecule has 2 N–H and O–H groups in total. The molecule has 0 aliphatic carbocycles. The Labute approximate surface area is 151 Å². The zero-order chi connectivity index (χ0) is 18.4. The quantitative estimate of drug-likeness (QED) is 0.434. The van der Waals surface area contributed by atoms with Gasteiger partial charge in [0, 0.05) is 16.1 Å². The second kappa shape index (κ2) is 8.25. The van der Waals surface area contributed by atoms with Crippen LogP contribution < -0.4 is 10.2 Å². The summed E-state index contributed by atoms with van der Waals surface area (Å²) >= 11 is 3.12. The summed E-state index contributed by atoms with van der Waals surface area (Å²) in [6.07, 6.45) is 1.24. The lowest BCUT2D eigenvalue weighted by atomic mass is 10.1. The first-order valence-electron chi connectivity index (χ1n) is 7.02. The molecule has 0 atom stereocenters. The summed E-state index contributed by atoms with van der Waals surface area (Å²) in [5, 5.41) is 24.4. The molecule has 9 heteroatoms. The van der Waals surface area contributed by atoms with Gasteiger partial charge in [0.2, 0.25) is 11.7 Å². The third-order valence-corrected chi connectivity index (χ3v) is 3.66. The third-order valence-electron chi connectivity index (χ3n) is 3.20. The Bertz CT molecular complexity index is 821. The highest BCUT2D eigenvalue weighted by molar-refractivity contribution is 9.10. The van der Waals surface area contributed by atoms with Crippen LogP contribution in [0.25, 0.3) is 0 Å². The SMILES string of the molecule is COc1ccc(CC(=O)NN=Cc2cc(Br)cc([N+](=O)[O-])c2O)cc1. The van der Waals surface area contributed by atoms with Crippen molar-refractivity contribution in [3.05, 3.63) is 62.1 Å². The van der Waals surface area contributed by atoms with Gasteiger partial charge < -0.3 is 9.84 Å². The maximum absolute atomic E-state index is 11.8. The molecule has 0 aromatic heterocycles. The van der Waals surface area contributed by atoms with Gasteiger partial charge in [-0.25, -0.2) is 5.43 Å². The monoisotopic (exact) mass is 407 g/mol. The number of amides is 1. The molecule has 0 radical (unpaired) electrons.